The SMILES string of the molecule is CCCCC(NC(=O)[C@H](CC(C)C)NC(=O)[C@@H](NC(=O)[C@H](Cc1ccccc1C)NC(=O)[C@H](CCC(=O)O)NC(=O)[C@H](CC(=O)O)NC(=O)C12CC3CC(CC(C3)C1)C2)C(C)(C)C)C(=O)C(N)=O. The molecule has 19 heteroatoms. The molecule has 19 nitrogen and oxygen atoms in total. The van der Waals surface area contributed by atoms with Crippen LogP contribution in [0.25, 0.3) is 0 Å². The Morgan fingerprint density at radius 2 is 1.19 bits per heavy atom. The number of benzene rings is 1. The Morgan fingerprint density at radius 3 is 1.71 bits per heavy atom. The Balaban J connectivity index is 1.59. The first-order chi connectivity index (χ1) is 31.8. The number of ketones is 1. The summed E-state index contributed by atoms with van der Waals surface area (Å²) in [7, 11) is 0. The second kappa shape index (κ2) is 23.9. The van der Waals surface area contributed by atoms with Crippen molar-refractivity contribution in [3.8, 4) is 0 Å². The zero-order valence-electron chi connectivity index (χ0n) is 40.5. The highest BCUT2D eigenvalue weighted by Gasteiger charge is 2.55. The third kappa shape index (κ3) is 15.3. The molecule has 68 heavy (non-hydrogen) atoms. The number of carboxylic acids is 2. The van der Waals surface area contributed by atoms with Crippen molar-refractivity contribution in [1.82, 2.24) is 31.9 Å². The van der Waals surface area contributed by atoms with Crippen molar-refractivity contribution in [3.05, 3.63) is 35.4 Å². The van der Waals surface area contributed by atoms with Crippen LogP contribution in [0.5, 0.6) is 0 Å². The second-order valence-corrected chi connectivity index (χ2v) is 20.9. The quantitative estimate of drug-likeness (QED) is 0.0605. The van der Waals surface area contributed by atoms with E-state index >= 15 is 0 Å². The lowest BCUT2D eigenvalue weighted by Crippen LogP contribution is -2.62. The summed E-state index contributed by atoms with van der Waals surface area (Å²) in [6.45, 7) is 12.3. The summed E-state index contributed by atoms with van der Waals surface area (Å²) in [5.74, 6) is -8.66. The van der Waals surface area contributed by atoms with Crippen molar-refractivity contribution in [2.75, 3.05) is 0 Å². The number of carbonyl (C=O) groups excluding carboxylic acids is 8. The molecular formula is C49H73N7O12. The van der Waals surface area contributed by atoms with Gasteiger partial charge in [-0.25, -0.2) is 0 Å². The fraction of sp³-hybridized carbons (Fsp3) is 0.673. The molecule has 0 aromatic heterocycles. The smallest absolute Gasteiger partial charge is 0.305 e. The number of nitrogens with two attached hydrogens (primary N) is 1. The van der Waals surface area contributed by atoms with Crippen LogP contribution in [0.15, 0.2) is 24.3 Å². The zero-order valence-corrected chi connectivity index (χ0v) is 40.5. The maximum Gasteiger partial charge on any atom is 0.305 e. The minimum absolute atomic E-state index is 0.113. The number of unbranched alkanes of at least 4 members (excludes halogenated alkanes) is 1. The molecule has 5 rings (SSSR count). The molecule has 0 heterocycles. The Kier molecular flexibility index (Phi) is 19.2. The maximum absolute atomic E-state index is 14.5. The lowest BCUT2D eigenvalue weighted by atomic mass is 9.49. The highest BCUT2D eigenvalue weighted by molar-refractivity contribution is 6.37. The molecule has 10 N–H and O–H groups in total. The van der Waals surface area contributed by atoms with Crippen molar-refractivity contribution in [2.24, 2.45) is 40.2 Å². The molecule has 376 valence electrons. The van der Waals surface area contributed by atoms with Gasteiger partial charge >= 0.3 is 11.9 Å². The predicted molar refractivity (Wildman–Crippen MR) is 249 cm³/mol. The molecule has 7 amide bonds. The van der Waals surface area contributed by atoms with E-state index in [2.05, 4.69) is 31.9 Å². The molecule has 1 unspecified atom stereocenters. The number of Topliss-reactive ketones (excluding diaryl/α,β-unsaturated/α-hetero) is 1. The van der Waals surface area contributed by atoms with E-state index in [1.807, 2.05) is 20.8 Å². The van der Waals surface area contributed by atoms with Gasteiger partial charge in [-0.2, -0.15) is 0 Å². The number of hydrogen-bond donors (Lipinski definition) is 9. The van der Waals surface area contributed by atoms with Crippen LogP contribution in [0, 0.1) is 41.4 Å². The molecule has 6 atom stereocenters. The van der Waals surface area contributed by atoms with Gasteiger partial charge in [0.15, 0.2) is 0 Å². The summed E-state index contributed by atoms with van der Waals surface area (Å²) in [6, 6.07) is -1.39. The maximum atomic E-state index is 14.5. The fourth-order valence-electron chi connectivity index (χ4n) is 10.4. The molecule has 4 aliphatic rings. The molecule has 1 aromatic carbocycles. The van der Waals surface area contributed by atoms with Gasteiger partial charge in [0.1, 0.15) is 30.2 Å². The predicted octanol–water partition coefficient (Wildman–Crippen LogP) is 2.34. The monoisotopic (exact) mass is 952 g/mol. The van der Waals surface area contributed by atoms with Crippen LogP contribution in [0.1, 0.15) is 136 Å². The Hall–Kier alpha value is -5.88. The van der Waals surface area contributed by atoms with Crippen LogP contribution in [0.3, 0.4) is 0 Å². The van der Waals surface area contributed by atoms with Gasteiger partial charge in [-0.15, -0.1) is 0 Å². The Morgan fingerprint density at radius 1 is 0.676 bits per heavy atom. The summed E-state index contributed by atoms with van der Waals surface area (Å²) in [6.07, 6.45) is 4.47. The van der Waals surface area contributed by atoms with E-state index in [-0.39, 0.29) is 25.2 Å². The molecule has 4 bridgehead atoms. The van der Waals surface area contributed by atoms with E-state index < -0.39 is 125 Å². The number of hydrogen-bond acceptors (Lipinski definition) is 10. The van der Waals surface area contributed by atoms with Crippen LogP contribution in [-0.4, -0.2) is 106 Å². The zero-order chi connectivity index (χ0) is 50.7. The molecule has 0 spiro atoms. The number of carbonyl (C=O) groups is 10. The van der Waals surface area contributed by atoms with E-state index in [4.69, 9.17) is 5.73 Å². The van der Waals surface area contributed by atoms with Crippen molar-refractivity contribution in [1.29, 1.82) is 0 Å². The Bertz CT molecular complexity index is 2030. The summed E-state index contributed by atoms with van der Waals surface area (Å²) < 4.78 is 0. The summed E-state index contributed by atoms with van der Waals surface area (Å²) in [5.41, 5.74) is 4.90. The molecule has 0 aliphatic heterocycles. The third-order valence-corrected chi connectivity index (χ3v) is 13.6. The largest absolute Gasteiger partial charge is 0.481 e. The number of nitrogens with one attached hydrogen (secondary N) is 6. The molecular weight excluding hydrogens is 879 g/mol. The average molecular weight is 952 g/mol. The third-order valence-electron chi connectivity index (χ3n) is 13.6. The van der Waals surface area contributed by atoms with Crippen molar-refractivity contribution in [3.63, 3.8) is 0 Å². The number of carboxylic acid groups (broad SMARTS) is 2. The van der Waals surface area contributed by atoms with Crippen LogP contribution >= 0.6 is 0 Å². The molecule has 4 aliphatic carbocycles. The van der Waals surface area contributed by atoms with E-state index in [1.165, 1.54) is 0 Å². The molecule has 4 saturated carbocycles. The van der Waals surface area contributed by atoms with Gasteiger partial charge in [0.25, 0.3) is 5.91 Å². The van der Waals surface area contributed by atoms with Crippen LogP contribution in [0.4, 0.5) is 0 Å². The summed E-state index contributed by atoms with van der Waals surface area (Å²) in [4.78, 5) is 133. The number of primary amides is 1. The normalized spacial score (nSPS) is 22.0. The lowest BCUT2D eigenvalue weighted by molar-refractivity contribution is -0.150. The number of aryl methyl sites for hydroxylation is 1. The van der Waals surface area contributed by atoms with E-state index in [1.54, 1.807) is 52.0 Å². The first-order valence-electron chi connectivity index (χ1n) is 24.0. The van der Waals surface area contributed by atoms with E-state index in [9.17, 15) is 58.2 Å². The highest BCUT2D eigenvalue weighted by Crippen LogP contribution is 2.60. The van der Waals surface area contributed by atoms with Gasteiger partial charge in [-0.3, -0.25) is 47.9 Å². The molecule has 0 saturated heterocycles. The van der Waals surface area contributed by atoms with Crippen molar-refractivity contribution < 1.29 is 58.2 Å². The highest BCUT2D eigenvalue weighted by atomic mass is 16.4. The van der Waals surface area contributed by atoms with Crippen molar-refractivity contribution in [2.45, 2.75) is 175 Å². The van der Waals surface area contributed by atoms with Gasteiger partial charge in [0.2, 0.25) is 41.2 Å². The summed E-state index contributed by atoms with van der Waals surface area (Å²) >= 11 is 0. The topological polar surface area (TPSA) is 309 Å². The van der Waals surface area contributed by atoms with Crippen LogP contribution in [0.2, 0.25) is 0 Å². The standard InChI is InChI=1S/C49H73N7O12/c1-8-9-14-32(39(61)41(50)62)51-43(64)34(17-26(2)3)54-46(67)40(48(5,6)7)56-45(66)35(21-31-13-11-10-12-27(31)4)53-42(63)33(15-16-37(57)58)52-44(65)36(22-38(59)60)55-47(68)49-23-28-18-29(24-49)20-30(19-28)25-49/h10-13,26,28-30,32-36,40H,8-9,14-25H2,1-7H3,(H2,50,62)(H,51,64)(H,52,65)(H,53,63)(H,54,67)(H,55,68)(H,56,66)(H,57,58)(H,59,60)/t28?,29?,30?,32?,33-,34-,35-,36-,40+,49?/m0/s1. The first-order valence-corrected chi connectivity index (χ1v) is 24.0. The second-order valence-electron chi connectivity index (χ2n) is 20.9. The van der Waals surface area contributed by atoms with E-state index in [0.29, 0.717) is 55.4 Å². The Labute approximate surface area is 398 Å². The van der Waals surface area contributed by atoms with Gasteiger partial charge in [0.05, 0.1) is 12.5 Å². The average Bonchev–Trinajstić information content (AvgIpc) is 3.23. The number of rotatable bonds is 26. The van der Waals surface area contributed by atoms with Gasteiger partial charge < -0.3 is 47.8 Å². The minimum atomic E-state index is -1.61. The van der Waals surface area contributed by atoms with Gasteiger partial charge in [-0.05, 0) is 105 Å². The first kappa shape index (κ1) is 54.7. The van der Waals surface area contributed by atoms with Gasteiger partial charge in [-0.1, -0.05) is 78.6 Å². The van der Waals surface area contributed by atoms with E-state index in [0.717, 1.165) is 24.8 Å². The molecule has 4 fully saturated rings. The number of amides is 7. The summed E-state index contributed by atoms with van der Waals surface area (Å²) in [5, 5.41) is 35.3. The number of aliphatic carboxylic acids is 2. The fourth-order valence-corrected chi connectivity index (χ4v) is 10.4. The van der Waals surface area contributed by atoms with Crippen LogP contribution in [-0.2, 0) is 54.4 Å². The molecule has 0 radical (unpaired) electrons. The lowest BCUT2D eigenvalue weighted by Gasteiger charge is -2.55. The van der Waals surface area contributed by atoms with Crippen LogP contribution < -0.4 is 37.6 Å². The van der Waals surface area contributed by atoms with Crippen molar-refractivity contribution >= 4 is 59.1 Å². The van der Waals surface area contributed by atoms with Gasteiger partial charge in [0, 0.05) is 18.3 Å². The minimum Gasteiger partial charge on any atom is -0.481 e. The molecule has 1 aromatic rings.